The van der Waals surface area contributed by atoms with Gasteiger partial charge in [0.15, 0.2) is 0 Å². The molecule has 0 radical (unpaired) electrons. The van der Waals surface area contributed by atoms with Gasteiger partial charge in [0.2, 0.25) is 5.16 Å². The second-order valence-electron chi connectivity index (χ2n) is 7.40. The summed E-state index contributed by atoms with van der Waals surface area (Å²) in [6.45, 7) is 3.39. The standard InChI is InChI=1S/C21H24N6O2S/c1-15-7-10-22-17(13-15)14-16-3-5-18(6-4-16)29-21(28)27-11-8-19(9-12-27)30-20-23-24-25-26(20)2/h3-7,10,13,19H,8-9,11-12,14H2,1-2H3. The molecule has 3 heterocycles. The molecule has 0 spiro atoms. The molecule has 1 aromatic carbocycles. The van der Waals surface area contributed by atoms with E-state index in [1.807, 2.05) is 43.6 Å². The first kappa shape index (κ1) is 20.3. The summed E-state index contributed by atoms with van der Waals surface area (Å²) in [6, 6.07) is 11.7. The molecule has 30 heavy (non-hydrogen) atoms. The molecule has 0 unspecified atom stereocenters. The van der Waals surface area contributed by atoms with Crippen LogP contribution in [0, 0.1) is 6.92 Å². The lowest BCUT2D eigenvalue weighted by Crippen LogP contribution is -2.40. The summed E-state index contributed by atoms with van der Waals surface area (Å²) in [7, 11) is 1.83. The van der Waals surface area contributed by atoms with Gasteiger partial charge in [0.1, 0.15) is 5.75 Å². The van der Waals surface area contributed by atoms with E-state index in [4.69, 9.17) is 4.74 Å². The Morgan fingerprint density at radius 2 is 1.97 bits per heavy atom. The SMILES string of the molecule is Cc1ccnc(Cc2ccc(OC(=O)N3CCC(Sc4nnnn4C)CC3)cc2)c1. The third kappa shape index (κ3) is 5.15. The second kappa shape index (κ2) is 9.25. The van der Waals surface area contributed by atoms with E-state index in [0.717, 1.165) is 35.7 Å². The number of tetrazole rings is 1. The van der Waals surface area contributed by atoms with Crippen LogP contribution in [0.15, 0.2) is 47.8 Å². The number of pyridine rings is 1. The van der Waals surface area contributed by atoms with Gasteiger partial charge < -0.3 is 9.64 Å². The van der Waals surface area contributed by atoms with Crippen molar-refractivity contribution in [2.24, 2.45) is 7.05 Å². The van der Waals surface area contributed by atoms with Crippen molar-refractivity contribution in [2.45, 2.75) is 36.6 Å². The van der Waals surface area contributed by atoms with Gasteiger partial charge in [-0.05, 0) is 65.6 Å². The minimum Gasteiger partial charge on any atom is -0.410 e. The molecular weight excluding hydrogens is 400 g/mol. The van der Waals surface area contributed by atoms with Crippen molar-refractivity contribution in [3.05, 3.63) is 59.4 Å². The highest BCUT2D eigenvalue weighted by atomic mass is 32.2. The van der Waals surface area contributed by atoms with Gasteiger partial charge in [-0.1, -0.05) is 23.9 Å². The van der Waals surface area contributed by atoms with Crippen LogP contribution in [0.2, 0.25) is 0 Å². The van der Waals surface area contributed by atoms with Crippen molar-refractivity contribution >= 4 is 17.9 Å². The Morgan fingerprint density at radius 1 is 1.20 bits per heavy atom. The van der Waals surface area contributed by atoms with Gasteiger partial charge in [-0.25, -0.2) is 9.48 Å². The third-order valence-corrected chi connectivity index (χ3v) is 6.40. The van der Waals surface area contributed by atoms with Crippen molar-refractivity contribution in [3.63, 3.8) is 0 Å². The van der Waals surface area contributed by atoms with Gasteiger partial charge in [0.05, 0.1) is 0 Å². The van der Waals surface area contributed by atoms with Crippen molar-refractivity contribution < 1.29 is 9.53 Å². The zero-order valence-corrected chi connectivity index (χ0v) is 17.9. The van der Waals surface area contributed by atoms with Crippen LogP contribution >= 0.6 is 11.8 Å². The summed E-state index contributed by atoms with van der Waals surface area (Å²) >= 11 is 1.66. The number of amides is 1. The second-order valence-corrected chi connectivity index (χ2v) is 8.67. The van der Waals surface area contributed by atoms with Gasteiger partial charge in [-0.2, -0.15) is 0 Å². The highest BCUT2D eigenvalue weighted by Crippen LogP contribution is 2.28. The van der Waals surface area contributed by atoms with Crippen LogP contribution < -0.4 is 4.74 Å². The lowest BCUT2D eigenvalue weighted by Gasteiger charge is -2.30. The highest BCUT2D eigenvalue weighted by Gasteiger charge is 2.26. The summed E-state index contributed by atoms with van der Waals surface area (Å²) in [6.07, 6.45) is 4.05. The quantitative estimate of drug-likeness (QED) is 0.621. The molecule has 0 atom stereocenters. The zero-order valence-electron chi connectivity index (χ0n) is 17.1. The van der Waals surface area contributed by atoms with Gasteiger partial charge in [0.25, 0.3) is 0 Å². The van der Waals surface area contributed by atoms with Crippen LogP contribution in [0.1, 0.15) is 29.7 Å². The number of likely N-dealkylation sites (tertiary alicyclic amines) is 1. The Morgan fingerprint density at radius 3 is 2.63 bits per heavy atom. The molecule has 1 saturated heterocycles. The number of carbonyl (C=O) groups is 1. The number of piperidine rings is 1. The van der Waals surface area contributed by atoms with Crippen molar-refractivity contribution in [3.8, 4) is 5.75 Å². The first-order valence-corrected chi connectivity index (χ1v) is 10.8. The molecule has 0 saturated carbocycles. The molecule has 156 valence electrons. The number of rotatable bonds is 5. The van der Waals surface area contributed by atoms with Crippen molar-refractivity contribution in [1.29, 1.82) is 0 Å². The predicted octanol–water partition coefficient (Wildman–Crippen LogP) is 3.26. The number of nitrogens with zero attached hydrogens (tertiary/aromatic N) is 6. The first-order chi connectivity index (χ1) is 14.6. The molecule has 2 aromatic heterocycles. The molecule has 0 N–H and O–H groups in total. The van der Waals surface area contributed by atoms with Crippen LogP contribution in [0.4, 0.5) is 4.79 Å². The molecule has 8 nitrogen and oxygen atoms in total. The maximum Gasteiger partial charge on any atom is 0.415 e. The molecule has 0 aliphatic carbocycles. The van der Waals surface area contributed by atoms with Crippen LogP contribution in [0.3, 0.4) is 0 Å². The molecule has 1 amide bonds. The number of aryl methyl sites for hydroxylation is 2. The van der Waals surface area contributed by atoms with Crippen LogP contribution in [0.5, 0.6) is 5.75 Å². The molecular formula is C21H24N6O2S. The van der Waals surface area contributed by atoms with E-state index in [9.17, 15) is 4.79 Å². The summed E-state index contributed by atoms with van der Waals surface area (Å²) in [5.74, 6) is 0.558. The third-order valence-electron chi connectivity index (χ3n) is 5.04. The van der Waals surface area contributed by atoms with Crippen molar-refractivity contribution in [1.82, 2.24) is 30.1 Å². The number of carbonyl (C=O) groups excluding carboxylic acids is 1. The number of thioether (sulfide) groups is 1. The monoisotopic (exact) mass is 424 g/mol. The van der Waals surface area contributed by atoms with Gasteiger partial charge in [-0.15, -0.1) is 5.10 Å². The summed E-state index contributed by atoms with van der Waals surface area (Å²) < 4.78 is 7.24. The lowest BCUT2D eigenvalue weighted by atomic mass is 10.1. The largest absolute Gasteiger partial charge is 0.415 e. The van der Waals surface area contributed by atoms with E-state index < -0.39 is 0 Å². The van der Waals surface area contributed by atoms with Gasteiger partial charge in [-0.3, -0.25) is 4.98 Å². The fourth-order valence-electron chi connectivity index (χ4n) is 3.37. The van der Waals surface area contributed by atoms with E-state index in [2.05, 4.69) is 33.5 Å². The smallest absolute Gasteiger partial charge is 0.410 e. The predicted molar refractivity (Wildman–Crippen MR) is 113 cm³/mol. The van der Waals surface area contributed by atoms with Gasteiger partial charge >= 0.3 is 6.09 Å². The molecule has 1 aliphatic rings. The van der Waals surface area contributed by atoms with E-state index in [1.165, 1.54) is 5.56 Å². The molecule has 4 rings (SSSR count). The maximum atomic E-state index is 12.5. The van der Waals surface area contributed by atoms with Crippen LogP contribution in [-0.2, 0) is 13.5 Å². The average Bonchev–Trinajstić information content (AvgIpc) is 3.14. The molecule has 1 fully saturated rings. The van der Waals surface area contributed by atoms with E-state index in [0.29, 0.717) is 24.1 Å². The number of hydrogen-bond donors (Lipinski definition) is 0. The normalized spacial score (nSPS) is 14.7. The molecule has 9 heteroatoms. The zero-order chi connectivity index (χ0) is 20.9. The Hall–Kier alpha value is -2.94. The minimum absolute atomic E-state index is 0.299. The van der Waals surface area contributed by atoms with Crippen LogP contribution in [0.25, 0.3) is 0 Å². The summed E-state index contributed by atoms with van der Waals surface area (Å²) in [5.41, 5.74) is 3.35. The summed E-state index contributed by atoms with van der Waals surface area (Å²) in [5, 5.41) is 12.7. The number of hydrogen-bond acceptors (Lipinski definition) is 7. The fourth-order valence-corrected chi connectivity index (χ4v) is 4.39. The van der Waals surface area contributed by atoms with E-state index in [-0.39, 0.29) is 6.09 Å². The van der Waals surface area contributed by atoms with Crippen molar-refractivity contribution in [2.75, 3.05) is 13.1 Å². The van der Waals surface area contributed by atoms with E-state index in [1.54, 1.807) is 21.3 Å². The Bertz CT molecular complexity index is 999. The molecule has 1 aliphatic heterocycles. The topological polar surface area (TPSA) is 86.0 Å². The minimum atomic E-state index is -0.299. The summed E-state index contributed by atoms with van der Waals surface area (Å²) in [4.78, 5) is 18.7. The molecule has 0 bridgehead atoms. The average molecular weight is 425 g/mol. The maximum absolute atomic E-state index is 12.5. The Labute approximate surface area is 179 Å². The fraction of sp³-hybridized carbons (Fsp3) is 0.381. The first-order valence-electron chi connectivity index (χ1n) is 9.93. The number of aromatic nitrogens is 5. The van der Waals surface area contributed by atoms with Gasteiger partial charge in [0, 0.05) is 43.7 Å². The Kier molecular flexibility index (Phi) is 6.27. The number of ether oxygens (including phenoxy) is 1. The Balaban J connectivity index is 1.26. The molecule has 3 aromatic rings. The highest BCUT2D eigenvalue weighted by molar-refractivity contribution is 7.99. The van der Waals surface area contributed by atoms with E-state index >= 15 is 0 Å². The lowest BCUT2D eigenvalue weighted by molar-refractivity contribution is 0.143. The number of benzene rings is 1. The van der Waals surface area contributed by atoms with Crippen LogP contribution in [-0.4, -0.2) is 54.5 Å².